The van der Waals surface area contributed by atoms with Crippen LogP contribution >= 0.6 is 0 Å². The normalized spacial score (nSPS) is 10.3. The van der Waals surface area contributed by atoms with Gasteiger partial charge in [-0.05, 0) is 29.8 Å². The second kappa shape index (κ2) is 7.44. The van der Waals surface area contributed by atoms with E-state index in [1.165, 1.54) is 7.11 Å². The number of hydrogen-bond acceptors (Lipinski definition) is 6. The van der Waals surface area contributed by atoms with Crippen molar-refractivity contribution in [1.29, 1.82) is 0 Å². The van der Waals surface area contributed by atoms with Gasteiger partial charge in [0.15, 0.2) is 0 Å². The number of anilines is 1. The van der Waals surface area contributed by atoms with Gasteiger partial charge in [0.2, 0.25) is 5.95 Å². The van der Waals surface area contributed by atoms with Crippen LogP contribution in [-0.4, -0.2) is 23.0 Å². The monoisotopic (exact) mass is 335 g/mol. The van der Waals surface area contributed by atoms with Crippen molar-refractivity contribution in [3.63, 3.8) is 0 Å². The van der Waals surface area contributed by atoms with E-state index in [9.17, 15) is 4.79 Å². The van der Waals surface area contributed by atoms with Crippen molar-refractivity contribution in [2.24, 2.45) is 0 Å². The van der Waals surface area contributed by atoms with Gasteiger partial charge in [0, 0.05) is 11.8 Å². The lowest BCUT2D eigenvalue weighted by atomic mass is 10.1. The lowest BCUT2D eigenvalue weighted by Crippen LogP contribution is -2.04. The molecule has 3 rings (SSSR count). The van der Waals surface area contributed by atoms with Crippen molar-refractivity contribution < 1.29 is 14.3 Å². The molecule has 0 radical (unpaired) electrons. The molecule has 0 saturated heterocycles. The van der Waals surface area contributed by atoms with Gasteiger partial charge in [-0.1, -0.05) is 30.3 Å². The molecular formula is C19H17N3O3. The van der Waals surface area contributed by atoms with Crippen LogP contribution in [0.4, 0.5) is 5.95 Å². The molecule has 0 fully saturated rings. The fourth-order valence-electron chi connectivity index (χ4n) is 2.36. The van der Waals surface area contributed by atoms with E-state index < -0.39 is 5.97 Å². The van der Waals surface area contributed by atoms with Gasteiger partial charge in [0.25, 0.3) is 0 Å². The zero-order valence-corrected chi connectivity index (χ0v) is 13.7. The number of esters is 1. The number of benzene rings is 2. The minimum absolute atomic E-state index is 0.148. The Hall–Kier alpha value is -3.41. The third-order valence-electron chi connectivity index (χ3n) is 3.59. The molecule has 2 N–H and O–H groups in total. The molecule has 1 aromatic heterocycles. The maximum absolute atomic E-state index is 11.8. The van der Waals surface area contributed by atoms with Crippen molar-refractivity contribution in [3.8, 4) is 17.0 Å². The summed E-state index contributed by atoms with van der Waals surface area (Å²) in [6.45, 7) is 0.395. The number of nitrogen functional groups attached to an aromatic ring is 1. The van der Waals surface area contributed by atoms with Crippen LogP contribution in [0.1, 0.15) is 15.9 Å². The predicted molar refractivity (Wildman–Crippen MR) is 94.0 cm³/mol. The van der Waals surface area contributed by atoms with Gasteiger partial charge in [-0.15, -0.1) is 0 Å². The molecule has 25 heavy (non-hydrogen) atoms. The summed E-state index contributed by atoms with van der Waals surface area (Å²) >= 11 is 0. The molecule has 6 heteroatoms. The van der Waals surface area contributed by atoms with E-state index in [0.717, 1.165) is 5.56 Å². The number of ether oxygens (including phenoxy) is 2. The van der Waals surface area contributed by atoms with Crippen LogP contribution in [0.5, 0.6) is 5.75 Å². The van der Waals surface area contributed by atoms with Crippen molar-refractivity contribution >= 4 is 11.9 Å². The molecular weight excluding hydrogens is 318 g/mol. The van der Waals surface area contributed by atoms with Crippen molar-refractivity contribution in [2.75, 3.05) is 12.8 Å². The number of hydrogen-bond donors (Lipinski definition) is 1. The van der Waals surface area contributed by atoms with E-state index in [1.54, 1.807) is 30.5 Å². The van der Waals surface area contributed by atoms with E-state index >= 15 is 0 Å². The second-order valence-electron chi connectivity index (χ2n) is 5.28. The van der Waals surface area contributed by atoms with Crippen LogP contribution in [0, 0.1) is 0 Å². The van der Waals surface area contributed by atoms with Gasteiger partial charge in [0.05, 0.1) is 18.4 Å². The van der Waals surface area contributed by atoms with Crippen LogP contribution in [0.2, 0.25) is 0 Å². The number of methoxy groups -OCH3 is 1. The van der Waals surface area contributed by atoms with Crippen LogP contribution < -0.4 is 10.5 Å². The van der Waals surface area contributed by atoms with E-state index in [2.05, 4.69) is 9.97 Å². The van der Waals surface area contributed by atoms with Crippen molar-refractivity contribution in [3.05, 3.63) is 71.9 Å². The van der Waals surface area contributed by atoms with E-state index in [1.807, 2.05) is 30.3 Å². The first-order valence-electron chi connectivity index (χ1n) is 7.65. The summed E-state index contributed by atoms with van der Waals surface area (Å²) in [7, 11) is 1.34. The highest BCUT2D eigenvalue weighted by Gasteiger charge is 2.14. The van der Waals surface area contributed by atoms with Crippen molar-refractivity contribution in [1.82, 2.24) is 9.97 Å². The maximum atomic E-state index is 11.8. The second-order valence-corrected chi connectivity index (χ2v) is 5.28. The van der Waals surface area contributed by atoms with E-state index in [4.69, 9.17) is 15.2 Å². The summed E-state index contributed by atoms with van der Waals surface area (Å²) in [6.07, 6.45) is 1.56. The Bertz CT molecular complexity index is 882. The summed E-state index contributed by atoms with van der Waals surface area (Å²) in [5.74, 6) is 0.308. The summed E-state index contributed by atoms with van der Waals surface area (Å²) in [6, 6.07) is 16.6. The fourth-order valence-corrected chi connectivity index (χ4v) is 2.36. The first-order valence-corrected chi connectivity index (χ1v) is 7.65. The number of nitrogens with two attached hydrogens (primary N) is 1. The summed E-state index contributed by atoms with van der Waals surface area (Å²) < 4.78 is 10.7. The molecule has 0 unspecified atom stereocenters. The largest absolute Gasteiger partial charge is 0.488 e. The average Bonchev–Trinajstić information content (AvgIpc) is 2.66. The maximum Gasteiger partial charge on any atom is 0.337 e. The lowest BCUT2D eigenvalue weighted by molar-refractivity contribution is 0.0600. The minimum Gasteiger partial charge on any atom is -0.488 e. The Kier molecular flexibility index (Phi) is 4.89. The molecule has 0 atom stereocenters. The lowest BCUT2D eigenvalue weighted by Gasteiger charge is -2.13. The highest BCUT2D eigenvalue weighted by molar-refractivity contribution is 5.91. The molecule has 6 nitrogen and oxygen atoms in total. The van der Waals surface area contributed by atoms with E-state index in [0.29, 0.717) is 29.2 Å². The molecule has 0 saturated carbocycles. The Labute approximate surface area is 145 Å². The third kappa shape index (κ3) is 3.92. The van der Waals surface area contributed by atoms with Crippen LogP contribution in [-0.2, 0) is 11.3 Å². The van der Waals surface area contributed by atoms with Gasteiger partial charge in [-0.3, -0.25) is 0 Å². The van der Waals surface area contributed by atoms with Crippen LogP contribution in [0.15, 0.2) is 60.8 Å². The number of carbonyl (C=O) groups is 1. The van der Waals surface area contributed by atoms with Crippen molar-refractivity contribution in [2.45, 2.75) is 6.61 Å². The van der Waals surface area contributed by atoms with E-state index in [-0.39, 0.29) is 5.95 Å². The molecule has 126 valence electrons. The minimum atomic E-state index is -0.433. The molecule has 0 amide bonds. The standard InChI is InChI=1S/C19H17N3O3/c1-24-18(23)14-7-8-17(25-12-13-5-3-2-4-6-13)15(11-14)16-9-10-21-19(20)22-16/h2-11H,12H2,1H3,(H2,20,21,22). The number of rotatable bonds is 5. The molecule has 0 aliphatic carbocycles. The first kappa shape index (κ1) is 16.4. The number of carbonyl (C=O) groups excluding carboxylic acids is 1. The Morgan fingerprint density at radius 3 is 2.64 bits per heavy atom. The zero-order chi connectivity index (χ0) is 17.6. The smallest absolute Gasteiger partial charge is 0.337 e. The van der Waals surface area contributed by atoms with Gasteiger partial charge >= 0.3 is 5.97 Å². The van der Waals surface area contributed by atoms with Gasteiger partial charge < -0.3 is 15.2 Å². The molecule has 0 aliphatic heterocycles. The quantitative estimate of drug-likeness (QED) is 0.721. The molecule has 3 aromatic rings. The predicted octanol–water partition coefficient (Wildman–Crippen LogP) is 3.09. The highest BCUT2D eigenvalue weighted by atomic mass is 16.5. The molecule has 1 heterocycles. The number of nitrogens with zero attached hydrogens (tertiary/aromatic N) is 2. The Balaban J connectivity index is 1.97. The van der Waals surface area contributed by atoms with Crippen LogP contribution in [0.3, 0.4) is 0 Å². The van der Waals surface area contributed by atoms with Crippen LogP contribution in [0.25, 0.3) is 11.3 Å². The molecule has 0 bridgehead atoms. The molecule has 0 aliphatic rings. The van der Waals surface area contributed by atoms with Gasteiger partial charge in [-0.2, -0.15) is 0 Å². The number of aromatic nitrogens is 2. The Morgan fingerprint density at radius 1 is 1.12 bits per heavy atom. The molecule has 0 spiro atoms. The third-order valence-corrected chi connectivity index (χ3v) is 3.59. The SMILES string of the molecule is COC(=O)c1ccc(OCc2ccccc2)c(-c2ccnc(N)n2)c1. The van der Waals surface area contributed by atoms with Gasteiger partial charge in [-0.25, -0.2) is 14.8 Å². The van der Waals surface area contributed by atoms with Gasteiger partial charge in [0.1, 0.15) is 12.4 Å². The highest BCUT2D eigenvalue weighted by Crippen LogP contribution is 2.31. The average molecular weight is 335 g/mol. The fraction of sp³-hybridized carbons (Fsp3) is 0.105. The first-order chi connectivity index (χ1) is 12.2. The zero-order valence-electron chi connectivity index (χ0n) is 13.7. The molecule has 2 aromatic carbocycles. The Morgan fingerprint density at radius 2 is 1.92 bits per heavy atom. The summed E-state index contributed by atoms with van der Waals surface area (Å²) in [5.41, 5.74) is 8.34. The summed E-state index contributed by atoms with van der Waals surface area (Å²) in [4.78, 5) is 20.0. The summed E-state index contributed by atoms with van der Waals surface area (Å²) in [5, 5.41) is 0. The topological polar surface area (TPSA) is 87.3 Å².